The van der Waals surface area contributed by atoms with Crippen molar-refractivity contribution >= 4 is 0 Å². The van der Waals surface area contributed by atoms with Gasteiger partial charge < -0.3 is 0 Å². The summed E-state index contributed by atoms with van der Waals surface area (Å²) >= 11 is 0. The summed E-state index contributed by atoms with van der Waals surface area (Å²) in [7, 11) is 0. The predicted molar refractivity (Wildman–Crippen MR) is 99.0 cm³/mol. The van der Waals surface area contributed by atoms with Crippen molar-refractivity contribution in [3.8, 4) is 0 Å². The highest BCUT2D eigenvalue weighted by molar-refractivity contribution is 5.30. The molecule has 0 amide bonds. The van der Waals surface area contributed by atoms with Gasteiger partial charge in [-0.1, -0.05) is 72.5 Å². The summed E-state index contributed by atoms with van der Waals surface area (Å²) in [4.78, 5) is 0. The molecule has 2 rings (SSSR count). The largest absolute Gasteiger partial charge is 0.0679 e. The fourth-order valence-corrected chi connectivity index (χ4v) is 5.67. The highest BCUT2D eigenvalue weighted by Crippen LogP contribution is 2.61. The zero-order valence-electron chi connectivity index (χ0n) is 16.6. The lowest BCUT2D eigenvalue weighted by atomic mass is 9.48. The average molecular weight is 305 g/mol. The smallest absolute Gasteiger partial charge is 0.00596 e. The molecule has 0 aliphatic heterocycles. The lowest BCUT2D eigenvalue weighted by Gasteiger charge is -2.57. The van der Waals surface area contributed by atoms with Gasteiger partial charge >= 0.3 is 0 Å². The summed E-state index contributed by atoms with van der Waals surface area (Å²) in [6.45, 7) is 20.0. The van der Waals surface area contributed by atoms with Crippen LogP contribution in [0.3, 0.4) is 0 Å². The third-order valence-corrected chi connectivity index (χ3v) is 7.82. The van der Waals surface area contributed by atoms with Gasteiger partial charge in [-0.15, -0.1) is 0 Å². The second kappa shape index (κ2) is 5.99. The van der Waals surface area contributed by atoms with Crippen LogP contribution in [0.5, 0.6) is 0 Å². The normalized spacial score (nSPS) is 38.2. The summed E-state index contributed by atoms with van der Waals surface area (Å²) < 4.78 is 0. The van der Waals surface area contributed by atoms with Crippen LogP contribution in [0.4, 0.5) is 0 Å². The van der Waals surface area contributed by atoms with Gasteiger partial charge in [-0.3, -0.25) is 0 Å². The molecule has 0 spiro atoms. The molecule has 0 radical (unpaired) electrons. The first-order valence-corrected chi connectivity index (χ1v) is 9.76. The van der Waals surface area contributed by atoms with E-state index in [-0.39, 0.29) is 0 Å². The maximum atomic E-state index is 2.61. The van der Waals surface area contributed by atoms with Gasteiger partial charge in [-0.2, -0.15) is 0 Å². The molecule has 22 heavy (non-hydrogen) atoms. The quantitative estimate of drug-likeness (QED) is 0.477. The van der Waals surface area contributed by atoms with E-state index in [9.17, 15) is 0 Å². The summed E-state index contributed by atoms with van der Waals surface area (Å²) in [6, 6.07) is 0. The Hall–Kier alpha value is -0.260. The molecule has 0 bridgehead atoms. The first kappa shape index (κ1) is 18.1. The van der Waals surface area contributed by atoms with Gasteiger partial charge in [0, 0.05) is 0 Å². The average Bonchev–Trinajstić information content (AvgIpc) is 2.39. The van der Waals surface area contributed by atoms with E-state index in [1.807, 2.05) is 5.57 Å². The van der Waals surface area contributed by atoms with Crippen molar-refractivity contribution in [3.05, 3.63) is 11.1 Å². The van der Waals surface area contributed by atoms with Crippen LogP contribution in [0.15, 0.2) is 11.1 Å². The van der Waals surface area contributed by atoms with Crippen LogP contribution >= 0.6 is 0 Å². The van der Waals surface area contributed by atoms with Gasteiger partial charge in [-0.25, -0.2) is 0 Å². The van der Waals surface area contributed by atoms with E-state index >= 15 is 0 Å². The topological polar surface area (TPSA) is 0 Å². The van der Waals surface area contributed by atoms with Crippen molar-refractivity contribution < 1.29 is 0 Å². The minimum Gasteiger partial charge on any atom is -0.0679 e. The highest BCUT2D eigenvalue weighted by atomic mass is 14.6. The molecule has 128 valence electrons. The van der Waals surface area contributed by atoms with Crippen molar-refractivity contribution in [3.63, 3.8) is 0 Å². The monoisotopic (exact) mass is 304 g/mol. The SMILES string of the molecule is CCCC1CC(C)(C2=C(C)C(C)(C)CCC2)C(C)(C)CC1C. The number of rotatable bonds is 3. The van der Waals surface area contributed by atoms with Crippen molar-refractivity contribution in [1.82, 2.24) is 0 Å². The molecule has 2 aliphatic carbocycles. The molecule has 0 heteroatoms. The molecule has 0 saturated heterocycles. The summed E-state index contributed by atoms with van der Waals surface area (Å²) in [5, 5.41) is 0. The maximum Gasteiger partial charge on any atom is -0.00596 e. The highest BCUT2D eigenvalue weighted by Gasteiger charge is 2.51. The Morgan fingerprint density at radius 2 is 1.68 bits per heavy atom. The lowest BCUT2D eigenvalue weighted by Crippen LogP contribution is -2.47. The number of allylic oxidation sites excluding steroid dienone is 2. The molecule has 1 fully saturated rings. The Labute approximate surface area is 140 Å². The van der Waals surface area contributed by atoms with E-state index in [0.29, 0.717) is 16.2 Å². The second-order valence-electron chi connectivity index (χ2n) is 9.99. The second-order valence-corrected chi connectivity index (χ2v) is 9.99. The standard InChI is InChI=1S/C22H40/c1-9-11-18-15-22(8,21(6,7)14-16(18)2)19-12-10-13-20(4,5)17(19)3/h16,18H,9-15H2,1-8H3. The molecule has 0 nitrogen and oxygen atoms in total. The lowest BCUT2D eigenvalue weighted by molar-refractivity contribution is -0.00738. The Morgan fingerprint density at radius 3 is 2.27 bits per heavy atom. The molecule has 0 aromatic carbocycles. The molecule has 0 N–H and O–H groups in total. The Morgan fingerprint density at radius 1 is 1.05 bits per heavy atom. The Balaban J connectivity index is 2.44. The molecule has 0 aromatic rings. The van der Waals surface area contributed by atoms with Gasteiger partial charge in [0.05, 0.1) is 0 Å². The fourth-order valence-electron chi connectivity index (χ4n) is 5.67. The zero-order chi connectivity index (χ0) is 16.8. The van der Waals surface area contributed by atoms with E-state index in [4.69, 9.17) is 0 Å². The first-order valence-electron chi connectivity index (χ1n) is 9.76. The van der Waals surface area contributed by atoms with Crippen molar-refractivity contribution in [1.29, 1.82) is 0 Å². The minimum absolute atomic E-state index is 0.404. The Bertz CT molecular complexity index is 437. The van der Waals surface area contributed by atoms with E-state index < -0.39 is 0 Å². The van der Waals surface area contributed by atoms with Crippen LogP contribution in [0.25, 0.3) is 0 Å². The maximum absolute atomic E-state index is 2.61. The summed E-state index contributed by atoms with van der Waals surface area (Å²) in [5.41, 5.74) is 4.80. The molecular formula is C22H40. The van der Waals surface area contributed by atoms with Gasteiger partial charge in [0.25, 0.3) is 0 Å². The van der Waals surface area contributed by atoms with E-state index in [1.54, 1.807) is 5.57 Å². The molecule has 0 aromatic heterocycles. The van der Waals surface area contributed by atoms with Crippen LogP contribution in [-0.2, 0) is 0 Å². The molecule has 0 heterocycles. The van der Waals surface area contributed by atoms with E-state index in [1.165, 1.54) is 44.9 Å². The number of hydrogen-bond donors (Lipinski definition) is 0. The first-order chi connectivity index (χ1) is 10.0. The molecule has 3 unspecified atom stereocenters. The van der Waals surface area contributed by atoms with Crippen LogP contribution < -0.4 is 0 Å². The van der Waals surface area contributed by atoms with E-state index in [0.717, 1.165) is 11.8 Å². The van der Waals surface area contributed by atoms with Crippen LogP contribution in [-0.4, -0.2) is 0 Å². The van der Waals surface area contributed by atoms with Crippen LogP contribution in [0.2, 0.25) is 0 Å². The Kier molecular flexibility index (Phi) is 4.92. The zero-order valence-corrected chi connectivity index (χ0v) is 16.6. The van der Waals surface area contributed by atoms with Crippen molar-refractivity contribution in [2.45, 2.75) is 100 Å². The van der Waals surface area contributed by atoms with Gasteiger partial charge in [0.15, 0.2) is 0 Å². The fraction of sp³-hybridized carbons (Fsp3) is 0.909. The minimum atomic E-state index is 0.404. The summed E-state index contributed by atoms with van der Waals surface area (Å²) in [5.74, 6) is 1.81. The molecular weight excluding hydrogens is 264 g/mol. The van der Waals surface area contributed by atoms with E-state index in [2.05, 4.69) is 55.4 Å². The molecule has 1 saturated carbocycles. The van der Waals surface area contributed by atoms with Gasteiger partial charge in [0.2, 0.25) is 0 Å². The molecule has 2 aliphatic rings. The summed E-state index contributed by atoms with van der Waals surface area (Å²) in [6.07, 6.45) is 9.68. The van der Waals surface area contributed by atoms with Crippen molar-refractivity contribution in [2.75, 3.05) is 0 Å². The number of hydrogen-bond acceptors (Lipinski definition) is 0. The van der Waals surface area contributed by atoms with Gasteiger partial charge in [-0.05, 0) is 67.1 Å². The third-order valence-electron chi connectivity index (χ3n) is 7.82. The van der Waals surface area contributed by atoms with Crippen molar-refractivity contribution in [2.24, 2.45) is 28.1 Å². The third kappa shape index (κ3) is 2.92. The predicted octanol–water partition coefficient (Wildman–Crippen LogP) is 7.39. The molecule has 3 atom stereocenters. The van der Waals surface area contributed by atoms with Gasteiger partial charge in [0.1, 0.15) is 0 Å². The van der Waals surface area contributed by atoms with Crippen LogP contribution in [0.1, 0.15) is 100 Å². The van der Waals surface area contributed by atoms with Crippen LogP contribution in [0, 0.1) is 28.1 Å².